The van der Waals surface area contributed by atoms with E-state index in [1.807, 2.05) is 6.20 Å². The fraction of sp³-hybridized carbons (Fsp3) is 0.500. The van der Waals surface area contributed by atoms with Crippen molar-refractivity contribution < 1.29 is 0 Å². The Labute approximate surface area is 130 Å². The van der Waals surface area contributed by atoms with Crippen molar-refractivity contribution in [3.8, 4) is 11.3 Å². The number of hydrogen-bond donors (Lipinski definition) is 2. The molecule has 0 bridgehead atoms. The molecule has 3 N–H and O–H groups in total. The summed E-state index contributed by atoms with van der Waals surface area (Å²) in [5.41, 5.74) is 9.50. The summed E-state index contributed by atoms with van der Waals surface area (Å²) in [7, 11) is 2.13. The summed E-state index contributed by atoms with van der Waals surface area (Å²) in [4.78, 5) is 2.30. The first kappa shape index (κ1) is 17.2. The first-order valence-electron chi connectivity index (χ1n) is 6.45. The Balaban J connectivity index is 0.00000200. The van der Waals surface area contributed by atoms with Crippen LogP contribution in [0.2, 0.25) is 0 Å². The van der Waals surface area contributed by atoms with Crippen molar-refractivity contribution in [1.29, 1.82) is 0 Å². The number of H-pyrrole nitrogens is 1. The number of halogens is 1. The van der Waals surface area contributed by atoms with Gasteiger partial charge in [-0.15, -0.1) is 12.4 Å². The van der Waals surface area contributed by atoms with Crippen LogP contribution < -0.4 is 5.73 Å². The second-order valence-electron chi connectivity index (χ2n) is 5.82. The Bertz CT molecular complexity index is 507. The van der Waals surface area contributed by atoms with E-state index in [1.165, 1.54) is 11.1 Å². The second-order valence-corrected chi connectivity index (χ2v) is 6.60. The molecule has 2 heterocycles. The lowest BCUT2D eigenvalue weighted by molar-refractivity contribution is 0.210. The van der Waals surface area contributed by atoms with Gasteiger partial charge in [0.1, 0.15) is 0 Å². The zero-order valence-corrected chi connectivity index (χ0v) is 13.9. The van der Waals surface area contributed by atoms with Crippen LogP contribution in [0.15, 0.2) is 23.0 Å². The molecule has 20 heavy (non-hydrogen) atoms. The highest BCUT2D eigenvalue weighted by molar-refractivity contribution is 7.08. The number of rotatable bonds is 6. The summed E-state index contributed by atoms with van der Waals surface area (Å²) < 4.78 is 0. The van der Waals surface area contributed by atoms with Crippen LogP contribution in [0.4, 0.5) is 0 Å². The lowest BCUT2D eigenvalue weighted by Gasteiger charge is -2.28. The molecule has 0 aliphatic heterocycles. The second kappa shape index (κ2) is 7.22. The molecule has 0 atom stereocenters. The minimum atomic E-state index is 0. The van der Waals surface area contributed by atoms with Gasteiger partial charge in [-0.1, -0.05) is 13.8 Å². The minimum Gasteiger partial charge on any atom is -0.330 e. The minimum absolute atomic E-state index is 0. The quantitative estimate of drug-likeness (QED) is 0.862. The number of hydrogen-bond acceptors (Lipinski definition) is 4. The number of nitrogens with zero attached hydrogens (tertiary/aromatic N) is 2. The van der Waals surface area contributed by atoms with Gasteiger partial charge in [0.15, 0.2) is 0 Å². The largest absolute Gasteiger partial charge is 0.330 e. The summed E-state index contributed by atoms with van der Waals surface area (Å²) in [5, 5.41) is 11.5. The molecule has 2 aromatic rings. The van der Waals surface area contributed by atoms with Gasteiger partial charge in [-0.2, -0.15) is 16.4 Å². The molecule has 6 heteroatoms. The van der Waals surface area contributed by atoms with Gasteiger partial charge >= 0.3 is 0 Å². The molecule has 0 aliphatic carbocycles. The first-order chi connectivity index (χ1) is 9.02. The molecule has 0 unspecified atom stereocenters. The van der Waals surface area contributed by atoms with Crippen molar-refractivity contribution in [3.63, 3.8) is 0 Å². The van der Waals surface area contributed by atoms with Gasteiger partial charge in [0, 0.05) is 29.6 Å². The Morgan fingerprint density at radius 3 is 2.80 bits per heavy atom. The smallest absolute Gasteiger partial charge is 0.0703 e. The van der Waals surface area contributed by atoms with Crippen LogP contribution in [0, 0.1) is 5.41 Å². The summed E-state index contributed by atoms with van der Waals surface area (Å²) in [6.07, 6.45) is 1.92. The topological polar surface area (TPSA) is 57.9 Å². The van der Waals surface area contributed by atoms with Crippen molar-refractivity contribution in [1.82, 2.24) is 15.1 Å². The fourth-order valence-corrected chi connectivity index (χ4v) is 2.88. The highest BCUT2D eigenvalue weighted by atomic mass is 35.5. The first-order valence-corrected chi connectivity index (χ1v) is 7.39. The van der Waals surface area contributed by atoms with E-state index < -0.39 is 0 Å². The average Bonchev–Trinajstić information content (AvgIpc) is 2.97. The number of aromatic amines is 1. The number of nitrogens with two attached hydrogens (primary N) is 1. The van der Waals surface area contributed by atoms with E-state index in [-0.39, 0.29) is 17.8 Å². The average molecular weight is 315 g/mol. The molecule has 2 rings (SSSR count). The Kier molecular flexibility index (Phi) is 6.20. The molecule has 4 nitrogen and oxygen atoms in total. The summed E-state index contributed by atoms with van der Waals surface area (Å²) in [6, 6.07) is 2.12. The molecule has 0 fully saturated rings. The van der Waals surface area contributed by atoms with E-state index in [2.05, 4.69) is 52.8 Å². The van der Waals surface area contributed by atoms with Crippen LogP contribution in [-0.4, -0.2) is 35.2 Å². The highest BCUT2D eigenvalue weighted by Gasteiger charge is 2.19. The third kappa shape index (κ3) is 4.31. The zero-order valence-electron chi connectivity index (χ0n) is 12.2. The lowest BCUT2D eigenvalue weighted by Crippen LogP contribution is -2.36. The third-order valence-corrected chi connectivity index (χ3v) is 3.90. The molecule has 0 amide bonds. The van der Waals surface area contributed by atoms with E-state index in [1.54, 1.807) is 11.3 Å². The van der Waals surface area contributed by atoms with Gasteiger partial charge < -0.3 is 10.6 Å². The van der Waals surface area contributed by atoms with E-state index in [4.69, 9.17) is 5.73 Å². The van der Waals surface area contributed by atoms with E-state index in [0.29, 0.717) is 6.54 Å². The molecule has 0 saturated carbocycles. The van der Waals surface area contributed by atoms with Crippen LogP contribution >= 0.6 is 23.7 Å². The Morgan fingerprint density at radius 2 is 2.20 bits per heavy atom. The summed E-state index contributed by atoms with van der Waals surface area (Å²) in [6.45, 7) is 6.93. The van der Waals surface area contributed by atoms with Crippen molar-refractivity contribution in [2.24, 2.45) is 11.1 Å². The van der Waals surface area contributed by atoms with Gasteiger partial charge in [-0.25, -0.2) is 0 Å². The maximum Gasteiger partial charge on any atom is 0.0703 e. The van der Waals surface area contributed by atoms with Gasteiger partial charge in [0.05, 0.1) is 11.9 Å². The monoisotopic (exact) mass is 314 g/mol. The zero-order chi connectivity index (χ0) is 13.9. The van der Waals surface area contributed by atoms with E-state index in [9.17, 15) is 0 Å². The standard InChI is InChI=1S/C14H22N4S.ClH/c1-14(2,9-15)10-18(3)7-12-6-16-17-13(12)11-4-5-19-8-11;/h4-6,8H,7,9-10,15H2,1-3H3,(H,16,17);1H. The van der Waals surface area contributed by atoms with Crippen molar-refractivity contribution in [3.05, 3.63) is 28.6 Å². The van der Waals surface area contributed by atoms with Crippen LogP contribution in [-0.2, 0) is 6.54 Å². The summed E-state index contributed by atoms with van der Waals surface area (Å²) in [5.74, 6) is 0. The van der Waals surface area contributed by atoms with Gasteiger partial charge in [-0.05, 0) is 30.5 Å². The van der Waals surface area contributed by atoms with Crippen LogP contribution in [0.3, 0.4) is 0 Å². The predicted molar refractivity (Wildman–Crippen MR) is 88.3 cm³/mol. The van der Waals surface area contributed by atoms with Gasteiger partial charge in [0.2, 0.25) is 0 Å². The molecule has 2 aromatic heterocycles. The third-order valence-electron chi connectivity index (χ3n) is 3.22. The molecule has 0 saturated heterocycles. The van der Waals surface area contributed by atoms with Crippen LogP contribution in [0.25, 0.3) is 11.3 Å². The molecule has 112 valence electrons. The van der Waals surface area contributed by atoms with Crippen molar-refractivity contribution in [2.75, 3.05) is 20.1 Å². The van der Waals surface area contributed by atoms with Gasteiger partial charge in [0.25, 0.3) is 0 Å². The summed E-state index contributed by atoms with van der Waals surface area (Å²) >= 11 is 1.70. The molecule has 0 aliphatic rings. The molecular weight excluding hydrogens is 292 g/mol. The normalized spacial score (nSPS) is 11.7. The molecule has 0 aromatic carbocycles. The number of thiophene rings is 1. The SMILES string of the molecule is CN(Cc1cn[nH]c1-c1ccsc1)CC(C)(C)CN.Cl. The maximum absolute atomic E-state index is 5.79. The Hall–Kier alpha value is -0.880. The number of nitrogens with one attached hydrogen (secondary N) is 1. The van der Waals surface area contributed by atoms with Crippen LogP contribution in [0.1, 0.15) is 19.4 Å². The highest BCUT2D eigenvalue weighted by Crippen LogP contribution is 2.25. The van der Waals surface area contributed by atoms with Crippen molar-refractivity contribution in [2.45, 2.75) is 20.4 Å². The fourth-order valence-electron chi connectivity index (χ4n) is 2.23. The maximum atomic E-state index is 5.79. The van der Waals surface area contributed by atoms with E-state index >= 15 is 0 Å². The van der Waals surface area contributed by atoms with Gasteiger partial charge in [-0.3, -0.25) is 5.10 Å². The van der Waals surface area contributed by atoms with E-state index in [0.717, 1.165) is 18.8 Å². The predicted octanol–water partition coefficient (Wildman–Crippen LogP) is 2.98. The Morgan fingerprint density at radius 1 is 1.45 bits per heavy atom. The molecular formula is C14H23ClN4S. The number of aromatic nitrogens is 2. The molecule has 0 radical (unpaired) electrons. The molecule has 0 spiro atoms. The lowest BCUT2D eigenvalue weighted by atomic mass is 9.93. The van der Waals surface area contributed by atoms with Crippen LogP contribution in [0.5, 0.6) is 0 Å². The van der Waals surface area contributed by atoms with Crippen molar-refractivity contribution >= 4 is 23.7 Å².